The Hall–Kier alpha value is -0.940. The third-order valence-corrected chi connectivity index (χ3v) is 11.1. The maximum Gasteiger partial charge on any atom is 0.346 e. The van der Waals surface area contributed by atoms with Crippen LogP contribution in [0.2, 0.25) is 0 Å². The zero-order valence-corrected chi connectivity index (χ0v) is 29.6. The van der Waals surface area contributed by atoms with Crippen molar-refractivity contribution in [2.45, 2.75) is 191 Å². The number of fused-ring (bicyclic) bond motifs is 1. The molecule has 1 aromatic carbocycles. The molecule has 5 heteroatoms. The van der Waals surface area contributed by atoms with E-state index in [1.807, 2.05) is 35.7 Å². The second-order valence-corrected chi connectivity index (χ2v) is 15.0. The molecule has 0 radical (unpaired) electrons. The minimum atomic E-state index is -0.490. The summed E-state index contributed by atoms with van der Waals surface area (Å²) >= 11 is 3.69. The van der Waals surface area contributed by atoms with Crippen LogP contribution in [0.5, 0.6) is 0 Å². The maximum atomic E-state index is 12.2. The van der Waals surface area contributed by atoms with Crippen LogP contribution in [0.3, 0.4) is 0 Å². The molecule has 1 aliphatic rings. The van der Waals surface area contributed by atoms with E-state index in [-0.39, 0.29) is 0 Å². The van der Waals surface area contributed by atoms with Gasteiger partial charge in [-0.3, -0.25) is 0 Å². The highest BCUT2D eigenvalue weighted by Gasteiger charge is 2.31. The van der Waals surface area contributed by atoms with Gasteiger partial charge in [0.1, 0.15) is 0 Å². The van der Waals surface area contributed by atoms with E-state index >= 15 is 0 Å². The molecule has 0 saturated heterocycles. The highest BCUT2D eigenvalue weighted by Crippen LogP contribution is 2.37. The van der Waals surface area contributed by atoms with Crippen molar-refractivity contribution >= 4 is 35.5 Å². The van der Waals surface area contributed by atoms with Crippen molar-refractivity contribution in [1.82, 2.24) is 0 Å². The van der Waals surface area contributed by atoms with Crippen LogP contribution in [0.25, 0.3) is 0 Å². The zero-order valence-electron chi connectivity index (χ0n) is 28.0. The molecule has 0 fully saturated rings. The number of carbonyl (C=O) groups excluding carboxylic acids is 2. The van der Waals surface area contributed by atoms with Gasteiger partial charge in [0.05, 0.1) is 11.1 Å². The molecule has 0 saturated carbocycles. The molecule has 246 valence electrons. The lowest BCUT2D eigenvalue weighted by Gasteiger charge is -2.11. The van der Waals surface area contributed by atoms with Crippen molar-refractivity contribution < 1.29 is 14.3 Å². The fraction of sp³-hybridized carbons (Fsp3) is 0.789. The maximum absolute atomic E-state index is 12.2. The molecule has 1 heterocycles. The van der Waals surface area contributed by atoms with Crippen LogP contribution in [0.4, 0.5) is 0 Å². The number of cyclic esters (lactones) is 2. The summed E-state index contributed by atoms with van der Waals surface area (Å²) in [4.78, 5) is 26.6. The third kappa shape index (κ3) is 18.0. The van der Waals surface area contributed by atoms with Gasteiger partial charge < -0.3 is 4.74 Å². The molecular weight excluding hydrogens is 569 g/mol. The molecular formula is C38H64O3S2. The molecule has 0 atom stereocenters. The van der Waals surface area contributed by atoms with Crippen molar-refractivity contribution in [2.75, 3.05) is 11.5 Å². The van der Waals surface area contributed by atoms with Gasteiger partial charge in [-0.1, -0.05) is 168 Å². The molecule has 0 N–H and O–H groups in total. The molecule has 1 aliphatic heterocycles. The van der Waals surface area contributed by atoms with E-state index < -0.39 is 11.9 Å². The van der Waals surface area contributed by atoms with Gasteiger partial charge in [-0.15, -0.1) is 23.5 Å². The summed E-state index contributed by atoms with van der Waals surface area (Å²) in [5, 5.41) is 0. The van der Waals surface area contributed by atoms with Gasteiger partial charge in [0.2, 0.25) is 0 Å². The Labute approximate surface area is 274 Å². The Morgan fingerprint density at radius 1 is 0.419 bits per heavy atom. The van der Waals surface area contributed by atoms with Gasteiger partial charge >= 0.3 is 11.9 Å². The van der Waals surface area contributed by atoms with Crippen LogP contribution in [-0.2, 0) is 4.74 Å². The van der Waals surface area contributed by atoms with Crippen molar-refractivity contribution in [3.63, 3.8) is 0 Å². The van der Waals surface area contributed by atoms with Crippen LogP contribution in [0, 0.1) is 0 Å². The van der Waals surface area contributed by atoms with Crippen LogP contribution >= 0.6 is 23.5 Å². The number of unbranched alkanes of at least 4 members (excludes halogenated alkanes) is 24. The monoisotopic (exact) mass is 632 g/mol. The molecule has 3 nitrogen and oxygen atoms in total. The first kappa shape index (κ1) is 38.2. The Kier molecular flexibility index (Phi) is 23.4. The van der Waals surface area contributed by atoms with Gasteiger partial charge in [-0.25, -0.2) is 9.59 Å². The van der Waals surface area contributed by atoms with Crippen molar-refractivity contribution in [3.05, 3.63) is 23.3 Å². The van der Waals surface area contributed by atoms with E-state index in [9.17, 15) is 9.59 Å². The van der Waals surface area contributed by atoms with Crippen molar-refractivity contribution in [3.8, 4) is 0 Å². The molecule has 0 aliphatic carbocycles. The summed E-state index contributed by atoms with van der Waals surface area (Å²) in [6.07, 6.45) is 35.5. The number of benzene rings is 1. The van der Waals surface area contributed by atoms with Gasteiger partial charge in [0, 0.05) is 9.79 Å². The van der Waals surface area contributed by atoms with Crippen molar-refractivity contribution in [1.29, 1.82) is 0 Å². The topological polar surface area (TPSA) is 43.4 Å². The molecule has 0 unspecified atom stereocenters. The van der Waals surface area contributed by atoms with Gasteiger partial charge in [-0.05, 0) is 36.5 Å². The molecule has 0 amide bonds. The highest BCUT2D eigenvalue weighted by atomic mass is 32.2. The quantitative estimate of drug-likeness (QED) is 0.0365. The fourth-order valence-electron chi connectivity index (χ4n) is 5.92. The average molecular weight is 633 g/mol. The summed E-state index contributed by atoms with van der Waals surface area (Å²) in [5.41, 5.74) is 0.895. The molecule has 0 spiro atoms. The minimum Gasteiger partial charge on any atom is -0.386 e. The van der Waals surface area contributed by atoms with Crippen LogP contribution in [-0.4, -0.2) is 23.4 Å². The lowest BCUT2D eigenvalue weighted by atomic mass is 10.1. The molecule has 0 aromatic heterocycles. The summed E-state index contributed by atoms with van der Waals surface area (Å²) in [7, 11) is 0. The fourth-order valence-corrected chi connectivity index (χ4v) is 8.22. The van der Waals surface area contributed by atoms with E-state index in [0.29, 0.717) is 11.1 Å². The summed E-state index contributed by atoms with van der Waals surface area (Å²) < 4.78 is 4.90. The first-order chi connectivity index (χ1) is 21.2. The molecule has 1 aromatic rings. The predicted molar refractivity (Wildman–Crippen MR) is 189 cm³/mol. The predicted octanol–water partition coefficient (Wildman–Crippen LogP) is 13.4. The van der Waals surface area contributed by atoms with Gasteiger partial charge in [0.15, 0.2) is 0 Å². The average Bonchev–Trinajstić information content (AvgIpc) is 3.28. The Balaban J connectivity index is 1.58. The van der Waals surface area contributed by atoms with E-state index in [1.54, 1.807) is 0 Å². The second-order valence-electron chi connectivity index (χ2n) is 12.7. The lowest BCUT2D eigenvalue weighted by Crippen LogP contribution is -1.96. The number of ether oxygens (including phenoxy) is 1. The number of thioether (sulfide) groups is 2. The summed E-state index contributed by atoms with van der Waals surface area (Å²) in [6.45, 7) is 4.57. The highest BCUT2D eigenvalue weighted by molar-refractivity contribution is 8.02. The number of esters is 2. The number of carbonyl (C=O) groups is 2. The van der Waals surface area contributed by atoms with Crippen LogP contribution < -0.4 is 0 Å². The normalized spacial score (nSPS) is 12.7. The smallest absolute Gasteiger partial charge is 0.346 e. The molecule has 43 heavy (non-hydrogen) atoms. The molecule has 2 rings (SSSR count). The number of rotatable bonds is 30. The number of hydrogen-bond donors (Lipinski definition) is 0. The zero-order chi connectivity index (χ0) is 30.8. The summed E-state index contributed by atoms with van der Waals surface area (Å²) in [6, 6.07) is 3.84. The largest absolute Gasteiger partial charge is 0.386 e. The summed E-state index contributed by atoms with van der Waals surface area (Å²) in [5.74, 6) is 1.14. The Morgan fingerprint density at radius 2 is 0.674 bits per heavy atom. The second kappa shape index (κ2) is 26.3. The van der Waals surface area contributed by atoms with Crippen LogP contribution in [0.15, 0.2) is 21.9 Å². The third-order valence-electron chi connectivity index (χ3n) is 8.72. The van der Waals surface area contributed by atoms with E-state index in [4.69, 9.17) is 4.74 Å². The molecule has 0 bridgehead atoms. The lowest BCUT2D eigenvalue weighted by molar-refractivity contribution is 0.0443. The van der Waals surface area contributed by atoms with Crippen LogP contribution in [0.1, 0.15) is 202 Å². The van der Waals surface area contributed by atoms with Gasteiger partial charge in [0.25, 0.3) is 0 Å². The van der Waals surface area contributed by atoms with E-state index in [0.717, 1.165) is 21.3 Å². The first-order valence-electron chi connectivity index (χ1n) is 18.4. The SMILES string of the molecule is CCCCCCCCCCCCCCCSc1cc2c(cc1SCCCCCCCCCCCCCCC)C(=O)OC2=O. The van der Waals surface area contributed by atoms with Gasteiger partial charge in [-0.2, -0.15) is 0 Å². The van der Waals surface area contributed by atoms with E-state index in [1.165, 1.54) is 167 Å². The Bertz CT molecular complexity index is 800. The van der Waals surface area contributed by atoms with E-state index in [2.05, 4.69) is 13.8 Å². The first-order valence-corrected chi connectivity index (χ1v) is 20.3. The minimum absolute atomic E-state index is 0.447. The van der Waals surface area contributed by atoms with Crippen molar-refractivity contribution in [2.24, 2.45) is 0 Å². The Morgan fingerprint density at radius 3 is 0.953 bits per heavy atom. The standard InChI is InChI=1S/C38H64O3S2/c1-3-5-7-9-11-13-15-17-19-21-23-25-27-29-42-35-31-33-34(38(40)41-37(33)39)32-36(35)43-30-28-26-24-22-20-18-16-14-12-10-8-6-4-2/h31-32H,3-30H2,1-2H3. The number of hydrogen-bond acceptors (Lipinski definition) is 5.